The van der Waals surface area contributed by atoms with Gasteiger partial charge < -0.3 is 19.7 Å². The van der Waals surface area contributed by atoms with E-state index in [4.69, 9.17) is 19.7 Å². The lowest BCUT2D eigenvalue weighted by Crippen LogP contribution is -2.29. The lowest BCUT2D eigenvalue weighted by molar-refractivity contribution is -0.0597. The van der Waals surface area contributed by atoms with Crippen LogP contribution >= 0.6 is 0 Å². The maximum Gasteiger partial charge on any atom is 0.156 e. The summed E-state index contributed by atoms with van der Waals surface area (Å²) < 4.78 is 10.2. The number of aliphatic hydroxyl groups excluding tert-OH is 2. The molecule has 0 aromatic rings. The van der Waals surface area contributed by atoms with Crippen LogP contribution in [0.2, 0.25) is 0 Å². The summed E-state index contributed by atoms with van der Waals surface area (Å²) in [7, 11) is 0. The summed E-state index contributed by atoms with van der Waals surface area (Å²) in [6, 6.07) is 0. The van der Waals surface area contributed by atoms with Crippen molar-refractivity contribution in [2.45, 2.75) is 25.4 Å². The summed E-state index contributed by atoms with van der Waals surface area (Å²) in [5.41, 5.74) is 0. The zero-order valence-electron chi connectivity index (χ0n) is 5.86. The van der Waals surface area contributed by atoms with Crippen molar-refractivity contribution in [1.82, 2.24) is 0 Å². The zero-order chi connectivity index (χ0) is 7.56. The van der Waals surface area contributed by atoms with E-state index in [2.05, 4.69) is 0 Å². The van der Waals surface area contributed by atoms with Crippen LogP contribution in [0.1, 0.15) is 6.92 Å². The van der Waals surface area contributed by atoms with E-state index in [1.54, 1.807) is 6.92 Å². The third-order valence-corrected chi connectivity index (χ3v) is 1.51. The molecular formula is C6H12O4. The third-order valence-electron chi connectivity index (χ3n) is 1.51. The summed E-state index contributed by atoms with van der Waals surface area (Å²) >= 11 is 0. The van der Waals surface area contributed by atoms with Crippen molar-refractivity contribution in [2.75, 3.05) is 13.2 Å². The molecular weight excluding hydrogens is 136 g/mol. The van der Waals surface area contributed by atoms with Crippen molar-refractivity contribution < 1.29 is 19.7 Å². The summed E-state index contributed by atoms with van der Waals surface area (Å²) in [6.07, 6.45) is -1.03. The fraction of sp³-hybridized carbons (Fsp3) is 1.00. The van der Waals surface area contributed by atoms with Crippen LogP contribution in [0.15, 0.2) is 0 Å². The van der Waals surface area contributed by atoms with Crippen molar-refractivity contribution in [3.8, 4) is 0 Å². The van der Waals surface area contributed by atoms with Gasteiger partial charge in [-0.1, -0.05) is 0 Å². The van der Waals surface area contributed by atoms with Gasteiger partial charge in [-0.25, -0.2) is 0 Å². The Hall–Kier alpha value is -0.160. The SMILES string of the molecule is CC1O[C@@H](CO)[C@H](CO)O1. The van der Waals surface area contributed by atoms with E-state index in [0.717, 1.165) is 0 Å². The fourth-order valence-electron chi connectivity index (χ4n) is 1.02. The standard InChI is InChI=1S/C6H12O4/c1-4-9-5(2-7)6(3-8)10-4/h4-8H,2-3H2,1H3/t5-,6-/m0/s1. The predicted octanol–water partition coefficient (Wildman–Crippen LogP) is -0.899. The second kappa shape index (κ2) is 3.30. The van der Waals surface area contributed by atoms with Gasteiger partial charge in [-0.05, 0) is 6.92 Å². The van der Waals surface area contributed by atoms with Gasteiger partial charge in [-0.15, -0.1) is 0 Å². The van der Waals surface area contributed by atoms with E-state index in [9.17, 15) is 0 Å². The minimum Gasteiger partial charge on any atom is -0.394 e. The van der Waals surface area contributed by atoms with Crippen LogP contribution in [-0.2, 0) is 9.47 Å². The maximum atomic E-state index is 8.67. The van der Waals surface area contributed by atoms with Crippen molar-refractivity contribution >= 4 is 0 Å². The molecule has 1 heterocycles. The summed E-state index contributed by atoms with van der Waals surface area (Å²) in [4.78, 5) is 0. The molecule has 0 aromatic carbocycles. The van der Waals surface area contributed by atoms with Crippen LogP contribution in [0.5, 0.6) is 0 Å². The molecule has 1 aliphatic rings. The molecule has 4 heteroatoms. The molecule has 0 aliphatic carbocycles. The molecule has 0 amide bonds. The lowest BCUT2D eigenvalue weighted by atomic mass is 10.2. The number of aliphatic hydroxyl groups is 2. The molecule has 4 nitrogen and oxygen atoms in total. The van der Waals surface area contributed by atoms with Gasteiger partial charge in [0.1, 0.15) is 12.2 Å². The largest absolute Gasteiger partial charge is 0.394 e. The lowest BCUT2D eigenvalue weighted by Gasteiger charge is -2.09. The second-order valence-electron chi connectivity index (χ2n) is 2.28. The van der Waals surface area contributed by atoms with Crippen LogP contribution in [0.3, 0.4) is 0 Å². The summed E-state index contributed by atoms with van der Waals surface area (Å²) in [5, 5.41) is 17.3. The molecule has 2 N–H and O–H groups in total. The number of rotatable bonds is 2. The van der Waals surface area contributed by atoms with E-state index in [1.807, 2.05) is 0 Å². The highest BCUT2D eigenvalue weighted by Gasteiger charge is 2.32. The Morgan fingerprint density at radius 2 is 1.50 bits per heavy atom. The summed E-state index contributed by atoms with van der Waals surface area (Å²) in [5.74, 6) is 0. The minimum absolute atomic E-state index is 0.102. The van der Waals surface area contributed by atoms with E-state index in [-0.39, 0.29) is 31.7 Å². The first kappa shape index (κ1) is 7.94. The third kappa shape index (κ3) is 1.46. The van der Waals surface area contributed by atoms with Crippen molar-refractivity contribution in [3.05, 3.63) is 0 Å². The average molecular weight is 148 g/mol. The molecule has 60 valence electrons. The Morgan fingerprint density at radius 3 is 1.80 bits per heavy atom. The van der Waals surface area contributed by atoms with Crippen LogP contribution in [0, 0.1) is 0 Å². The van der Waals surface area contributed by atoms with Gasteiger partial charge in [0, 0.05) is 0 Å². The monoisotopic (exact) mass is 148 g/mol. The zero-order valence-corrected chi connectivity index (χ0v) is 5.86. The molecule has 1 saturated heterocycles. The number of hydrogen-bond acceptors (Lipinski definition) is 4. The maximum absolute atomic E-state index is 8.67. The molecule has 1 fully saturated rings. The molecule has 0 bridgehead atoms. The molecule has 0 radical (unpaired) electrons. The molecule has 1 rings (SSSR count). The van der Waals surface area contributed by atoms with Crippen molar-refractivity contribution in [3.63, 3.8) is 0 Å². The Balaban J connectivity index is 2.41. The van der Waals surface area contributed by atoms with Gasteiger partial charge in [0.15, 0.2) is 6.29 Å². The van der Waals surface area contributed by atoms with Gasteiger partial charge in [-0.2, -0.15) is 0 Å². The topological polar surface area (TPSA) is 58.9 Å². The Morgan fingerprint density at radius 1 is 1.10 bits per heavy atom. The molecule has 0 unspecified atom stereocenters. The molecule has 0 spiro atoms. The first-order chi connectivity index (χ1) is 4.77. The fourth-order valence-corrected chi connectivity index (χ4v) is 1.02. The van der Waals surface area contributed by atoms with Crippen LogP contribution in [0.25, 0.3) is 0 Å². The highest BCUT2D eigenvalue weighted by Crippen LogP contribution is 2.17. The highest BCUT2D eigenvalue weighted by molar-refractivity contribution is 4.74. The van der Waals surface area contributed by atoms with Gasteiger partial charge >= 0.3 is 0 Å². The second-order valence-corrected chi connectivity index (χ2v) is 2.28. The first-order valence-corrected chi connectivity index (χ1v) is 3.30. The molecule has 10 heavy (non-hydrogen) atoms. The van der Waals surface area contributed by atoms with Gasteiger partial charge in [0.2, 0.25) is 0 Å². The first-order valence-electron chi connectivity index (χ1n) is 3.30. The van der Waals surface area contributed by atoms with Gasteiger partial charge in [-0.3, -0.25) is 0 Å². The van der Waals surface area contributed by atoms with E-state index < -0.39 is 0 Å². The predicted molar refractivity (Wildman–Crippen MR) is 33.4 cm³/mol. The highest BCUT2D eigenvalue weighted by atomic mass is 16.7. The van der Waals surface area contributed by atoms with E-state index in [0.29, 0.717) is 0 Å². The van der Waals surface area contributed by atoms with Gasteiger partial charge in [0.25, 0.3) is 0 Å². The molecule has 0 saturated carbocycles. The van der Waals surface area contributed by atoms with E-state index in [1.165, 1.54) is 0 Å². The Labute approximate surface area is 59.4 Å². The molecule has 0 aromatic heterocycles. The van der Waals surface area contributed by atoms with Crippen LogP contribution in [0.4, 0.5) is 0 Å². The van der Waals surface area contributed by atoms with E-state index >= 15 is 0 Å². The number of ether oxygens (including phenoxy) is 2. The van der Waals surface area contributed by atoms with Crippen LogP contribution in [-0.4, -0.2) is 41.9 Å². The normalized spacial score (nSPS) is 35.1. The quantitative estimate of drug-likeness (QED) is 0.533. The van der Waals surface area contributed by atoms with Gasteiger partial charge in [0.05, 0.1) is 13.2 Å². The Kier molecular flexibility index (Phi) is 2.62. The molecule has 2 atom stereocenters. The minimum atomic E-state index is -0.361. The number of hydrogen-bond donors (Lipinski definition) is 2. The molecule has 1 aliphatic heterocycles. The smallest absolute Gasteiger partial charge is 0.156 e. The van der Waals surface area contributed by atoms with Crippen LogP contribution < -0.4 is 0 Å². The average Bonchev–Trinajstić information content (AvgIpc) is 2.30. The summed E-state index contributed by atoms with van der Waals surface area (Å²) in [6.45, 7) is 1.53. The van der Waals surface area contributed by atoms with Crippen molar-refractivity contribution in [1.29, 1.82) is 0 Å². The van der Waals surface area contributed by atoms with Crippen molar-refractivity contribution in [2.24, 2.45) is 0 Å². The Bertz CT molecular complexity index is 93.9.